The first kappa shape index (κ1) is 11.8. The third-order valence-electron chi connectivity index (χ3n) is 3.16. The summed E-state index contributed by atoms with van der Waals surface area (Å²) < 4.78 is 5.43. The van der Waals surface area contributed by atoms with E-state index in [1.54, 1.807) is 0 Å². The van der Waals surface area contributed by atoms with Crippen LogP contribution in [0.4, 0.5) is 0 Å². The van der Waals surface area contributed by atoms with Crippen molar-refractivity contribution in [2.24, 2.45) is 0 Å². The average Bonchev–Trinajstić information content (AvgIpc) is 2.30. The maximum absolute atomic E-state index is 12.0. The van der Waals surface area contributed by atoms with E-state index in [-0.39, 0.29) is 12.0 Å². The maximum Gasteiger partial charge on any atom is 0.236 e. The molecule has 0 spiro atoms. The monoisotopic (exact) mass is 227 g/mol. The van der Waals surface area contributed by atoms with Crippen molar-refractivity contribution in [3.8, 4) is 0 Å². The van der Waals surface area contributed by atoms with E-state index in [4.69, 9.17) is 4.74 Å². The highest BCUT2D eigenvalue weighted by Gasteiger charge is 2.23. The molecule has 2 fully saturated rings. The Balaban J connectivity index is 1.77. The number of carbonyl (C=O) groups is 1. The van der Waals surface area contributed by atoms with Crippen molar-refractivity contribution in [2.75, 3.05) is 52.4 Å². The summed E-state index contributed by atoms with van der Waals surface area (Å²) in [5, 5.41) is 3.29. The molecule has 0 bridgehead atoms. The number of nitrogens with one attached hydrogen (secondary N) is 1. The van der Waals surface area contributed by atoms with Gasteiger partial charge in [-0.05, 0) is 6.92 Å². The molecule has 2 heterocycles. The molecule has 92 valence electrons. The number of nitrogens with zero attached hydrogens (tertiary/aromatic N) is 2. The number of hydrogen-bond donors (Lipinski definition) is 1. The van der Waals surface area contributed by atoms with Gasteiger partial charge in [-0.25, -0.2) is 0 Å². The molecule has 2 saturated heterocycles. The Morgan fingerprint density at radius 1 is 1.38 bits per heavy atom. The number of hydrogen-bond acceptors (Lipinski definition) is 4. The van der Waals surface area contributed by atoms with E-state index >= 15 is 0 Å². The Morgan fingerprint density at radius 2 is 2.12 bits per heavy atom. The summed E-state index contributed by atoms with van der Waals surface area (Å²) in [6.07, 6.45) is 0.181. The molecule has 1 unspecified atom stereocenters. The molecule has 0 saturated carbocycles. The van der Waals surface area contributed by atoms with E-state index < -0.39 is 0 Å². The Kier molecular flexibility index (Phi) is 4.15. The van der Waals surface area contributed by atoms with Crippen molar-refractivity contribution in [3.05, 3.63) is 0 Å². The van der Waals surface area contributed by atoms with Crippen LogP contribution in [0.5, 0.6) is 0 Å². The highest BCUT2D eigenvalue weighted by atomic mass is 16.5. The minimum Gasteiger partial charge on any atom is -0.375 e. The Labute approximate surface area is 96.7 Å². The van der Waals surface area contributed by atoms with Crippen LogP contribution in [0.25, 0.3) is 0 Å². The predicted molar refractivity (Wildman–Crippen MR) is 61.3 cm³/mol. The lowest BCUT2D eigenvalue weighted by atomic mass is 10.3. The molecule has 5 nitrogen and oxygen atoms in total. The van der Waals surface area contributed by atoms with E-state index in [1.165, 1.54) is 0 Å². The van der Waals surface area contributed by atoms with Crippen molar-refractivity contribution < 1.29 is 9.53 Å². The third-order valence-corrected chi connectivity index (χ3v) is 3.16. The predicted octanol–water partition coefficient (Wildman–Crippen LogP) is -0.861. The van der Waals surface area contributed by atoms with Crippen LogP contribution in [0.2, 0.25) is 0 Å². The number of rotatable bonds is 2. The molecule has 0 radical (unpaired) electrons. The van der Waals surface area contributed by atoms with E-state index in [0.29, 0.717) is 13.2 Å². The summed E-state index contributed by atoms with van der Waals surface area (Å²) in [5.74, 6) is 0.247. The number of morpholine rings is 1. The lowest BCUT2D eigenvalue weighted by Gasteiger charge is -2.34. The summed E-state index contributed by atoms with van der Waals surface area (Å²) in [5.41, 5.74) is 0. The zero-order chi connectivity index (χ0) is 11.4. The van der Waals surface area contributed by atoms with Crippen molar-refractivity contribution >= 4 is 5.91 Å². The Hall–Kier alpha value is -0.650. The SMILES string of the molecule is CC1CN(C(=O)CN2CCNCC2)CCO1. The second-order valence-corrected chi connectivity index (χ2v) is 4.55. The van der Waals surface area contributed by atoms with Crippen LogP contribution in [0.3, 0.4) is 0 Å². The van der Waals surface area contributed by atoms with Gasteiger partial charge in [0, 0.05) is 39.3 Å². The third kappa shape index (κ3) is 3.17. The first-order valence-electron chi connectivity index (χ1n) is 6.08. The molecule has 1 amide bonds. The van der Waals surface area contributed by atoms with Crippen LogP contribution in [-0.4, -0.2) is 74.2 Å². The number of piperazine rings is 1. The van der Waals surface area contributed by atoms with Crippen LogP contribution < -0.4 is 5.32 Å². The molecule has 0 aromatic heterocycles. The highest BCUT2D eigenvalue weighted by Crippen LogP contribution is 2.05. The van der Waals surface area contributed by atoms with E-state index in [9.17, 15) is 4.79 Å². The number of amides is 1. The van der Waals surface area contributed by atoms with Crippen LogP contribution >= 0.6 is 0 Å². The fourth-order valence-electron chi connectivity index (χ4n) is 2.21. The quantitative estimate of drug-likeness (QED) is 0.667. The lowest BCUT2D eigenvalue weighted by molar-refractivity contribution is -0.139. The van der Waals surface area contributed by atoms with Crippen molar-refractivity contribution in [2.45, 2.75) is 13.0 Å². The summed E-state index contributed by atoms with van der Waals surface area (Å²) >= 11 is 0. The number of ether oxygens (including phenoxy) is 1. The summed E-state index contributed by atoms with van der Waals surface area (Å²) in [7, 11) is 0. The highest BCUT2D eigenvalue weighted by molar-refractivity contribution is 5.78. The van der Waals surface area contributed by atoms with E-state index in [1.807, 2.05) is 11.8 Å². The Bertz CT molecular complexity index is 241. The van der Waals surface area contributed by atoms with Crippen molar-refractivity contribution in [1.82, 2.24) is 15.1 Å². The van der Waals surface area contributed by atoms with Gasteiger partial charge < -0.3 is 15.0 Å². The smallest absolute Gasteiger partial charge is 0.236 e. The zero-order valence-corrected chi connectivity index (χ0v) is 9.95. The maximum atomic E-state index is 12.0. The second kappa shape index (κ2) is 5.61. The summed E-state index contributed by atoms with van der Waals surface area (Å²) in [4.78, 5) is 16.2. The molecule has 2 rings (SSSR count). The largest absolute Gasteiger partial charge is 0.375 e. The molecule has 1 N–H and O–H groups in total. The zero-order valence-electron chi connectivity index (χ0n) is 9.95. The molecule has 1 atom stereocenters. The van der Waals surface area contributed by atoms with Gasteiger partial charge in [0.05, 0.1) is 19.3 Å². The molecular formula is C11H21N3O2. The molecule has 0 aromatic carbocycles. The molecule has 5 heteroatoms. The molecule has 0 aromatic rings. The molecule has 2 aliphatic rings. The van der Waals surface area contributed by atoms with Gasteiger partial charge in [-0.3, -0.25) is 9.69 Å². The molecular weight excluding hydrogens is 206 g/mol. The first-order chi connectivity index (χ1) is 7.75. The fourth-order valence-corrected chi connectivity index (χ4v) is 2.21. The van der Waals surface area contributed by atoms with Crippen molar-refractivity contribution in [1.29, 1.82) is 0 Å². The van der Waals surface area contributed by atoms with Gasteiger partial charge in [0.25, 0.3) is 0 Å². The van der Waals surface area contributed by atoms with E-state index in [2.05, 4.69) is 10.2 Å². The van der Waals surface area contributed by atoms with Gasteiger partial charge in [-0.2, -0.15) is 0 Å². The van der Waals surface area contributed by atoms with Gasteiger partial charge in [-0.15, -0.1) is 0 Å². The normalized spacial score (nSPS) is 28.1. The van der Waals surface area contributed by atoms with Crippen molar-refractivity contribution in [3.63, 3.8) is 0 Å². The number of carbonyl (C=O) groups excluding carboxylic acids is 1. The summed E-state index contributed by atoms with van der Waals surface area (Å²) in [6.45, 7) is 8.68. The van der Waals surface area contributed by atoms with Gasteiger partial charge in [-0.1, -0.05) is 0 Å². The van der Waals surface area contributed by atoms with E-state index in [0.717, 1.165) is 39.3 Å². The summed E-state index contributed by atoms with van der Waals surface area (Å²) in [6, 6.07) is 0. The van der Waals surface area contributed by atoms with Gasteiger partial charge in [0.2, 0.25) is 5.91 Å². The second-order valence-electron chi connectivity index (χ2n) is 4.55. The van der Waals surface area contributed by atoms with Crippen LogP contribution in [-0.2, 0) is 9.53 Å². The van der Waals surface area contributed by atoms with Gasteiger partial charge in [0.15, 0.2) is 0 Å². The van der Waals surface area contributed by atoms with Crippen LogP contribution in [0.1, 0.15) is 6.92 Å². The average molecular weight is 227 g/mol. The molecule has 0 aliphatic carbocycles. The minimum atomic E-state index is 0.181. The standard InChI is InChI=1S/C11H21N3O2/c1-10-8-14(6-7-16-10)11(15)9-13-4-2-12-3-5-13/h10,12H,2-9H2,1H3. The Morgan fingerprint density at radius 3 is 2.81 bits per heavy atom. The van der Waals surface area contributed by atoms with Gasteiger partial charge in [0.1, 0.15) is 0 Å². The van der Waals surface area contributed by atoms with Crippen LogP contribution in [0.15, 0.2) is 0 Å². The molecule has 2 aliphatic heterocycles. The topological polar surface area (TPSA) is 44.8 Å². The van der Waals surface area contributed by atoms with Gasteiger partial charge >= 0.3 is 0 Å². The molecule has 16 heavy (non-hydrogen) atoms. The first-order valence-corrected chi connectivity index (χ1v) is 6.08. The van der Waals surface area contributed by atoms with Crippen LogP contribution in [0, 0.1) is 0 Å². The lowest BCUT2D eigenvalue weighted by Crippen LogP contribution is -2.51. The minimum absolute atomic E-state index is 0.181. The fraction of sp³-hybridized carbons (Fsp3) is 0.909.